The Bertz CT molecular complexity index is 336. The SMILES string of the molecule is Cc1cc(C=O)c(CCCN)cc1F. The third-order valence-electron chi connectivity index (χ3n) is 2.20. The first kappa shape index (κ1) is 10.9. The molecule has 0 amide bonds. The minimum atomic E-state index is -0.261. The summed E-state index contributed by atoms with van der Waals surface area (Å²) in [4.78, 5) is 10.7. The van der Waals surface area contributed by atoms with E-state index in [-0.39, 0.29) is 5.82 Å². The number of aldehydes is 1. The van der Waals surface area contributed by atoms with Gasteiger partial charge in [-0.2, -0.15) is 0 Å². The number of halogens is 1. The van der Waals surface area contributed by atoms with Crippen molar-refractivity contribution in [2.24, 2.45) is 5.73 Å². The number of hydrogen-bond donors (Lipinski definition) is 1. The van der Waals surface area contributed by atoms with E-state index in [1.807, 2.05) is 0 Å². The van der Waals surface area contributed by atoms with Gasteiger partial charge >= 0.3 is 0 Å². The van der Waals surface area contributed by atoms with Gasteiger partial charge in [-0.25, -0.2) is 4.39 Å². The van der Waals surface area contributed by atoms with Crippen LogP contribution in [0.4, 0.5) is 4.39 Å². The Morgan fingerprint density at radius 1 is 1.50 bits per heavy atom. The van der Waals surface area contributed by atoms with Gasteiger partial charge in [0.1, 0.15) is 12.1 Å². The van der Waals surface area contributed by atoms with E-state index in [9.17, 15) is 9.18 Å². The average Bonchev–Trinajstić information content (AvgIpc) is 2.19. The number of aryl methyl sites for hydroxylation is 2. The Labute approximate surface area is 82.9 Å². The molecule has 76 valence electrons. The number of carbonyl (C=O) groups excluding carboxylic acids is 1. The monoisotopic (exact) mass is 195 g/mol. The summed E-state index contributed by atoms with van der Waals surface area (Å²) in [6.07, 6.45) is 2.18. The van der Waals surface area contributed by atoms with Gasteiger partial charge in [-0.05, 0) is 49.6 Å². The van der Waals surface area contributed by atoms with E-state index in [4.69, 9.17) is 5.73 Å². The van der Waals surface area contributed by atoms with Crippen molar-refractivity contribution in [3.05, 3.63) is 34.6 Å². The lowest BCUT2D eigenvalue weighted by molar-refractivity contribution is 0.112. The molecule has 1 aromatic carbocycles. The second-order valence-corrected chi connectivity index (χ2v) is 3.31. The summed E-state index contributed by atoms with van der Waals surface area (Å²) < 4.78 is 13.2. The molecule has 2 nitrogen and oxygen atoms in total. The maximum atomic E-state index is 13.2. The number of nitrogens with two attached hydrogens (primary N) is 1. The zero-order valence-corrected chi connectivity index (χ0v) is 8.22. The number of benzene rings is 1. The third kappa shape index (κ3) is 2.39. The molecule has 0 fully saturated rings. The number of carbonyl (C=O) groups is 1. The van der Waals surface area contributed by atoms with E-state index in [2.05, 4.69) is 0 Å². The second kappa shape index (κ2) is 4.86. The molecule has 0 atom stereocenters. The van der Waals surface area contributed by atoms with Crippen LogP contribution < -0.4 is 5.73 Å². The molecule has 0 aliphatic heterocycles. The topological polar surface area (TPSA) is 43.1 Å². The summed E-state index contributed by atoms with van der Waals surface area (Å²) >= 11 is 0. The summed E-state index contributed by atoms with van der Waals surface area (Å²) in [5.41, 5.74) is 7.17. The number of hydrogen-bond acceptors (Lipinski definition) is 2. The van der Waals surface area contributed by atoms with Gasteiger partial charge in [-0.3, -0.25) is 4.79 Å². The van der Waals surface area contributed by atoms with Gasteiger partial charge in [0.15, 0.2) is 0 Å². The lowest BCUT2D eigenvalue weighted by Crippen LogP contribution is -2.03. The predicted molar refractivity (Wildman–Crippen MR) is 53.9 cm³/mol. The molecule has 1 rings (SSSR count). The van der Waals surface area contributed by atoms with Gasteiger partial charge in [-0.15, -0.1) is 0 Å². The van der Waals surface area contributed by atoms with Crippen LogP contribution in [0.2, 0.25) is 0 Å². The Kier molecular flexibility index (Phi) is 3.77. The zero-order chi connectivity index (χ0) is 10.6. The molecule has 0 saturated carbocycles. The molecule has 0 aliphatic carbocycles. The summed E-state index contributed by atoms with van der Waals surface area (Å²) in [5.74, 6) is -0.261. The van der Waals surface area contributed by atoms with Gasteiger partial charge in [-0.1, -0.05) is 0 Å². The molecule has 0 unspecified atom stereocenters. The van der Waals surface area contributed by atoms with Crippen LogP contribution in [0.3, 0.4) is 0 Å². The van der Waals surface area contributed by atoms with E-state index >= 15 is 0 Å². The smallest absolute Gasteiger partial charge is 0.150 e. The summed E-state index contributed by atoms with van der Waals surface area (Å²) in [6.45, 7) is 2.20. The first-order valence-corrected chi connectivity index (χ1v) is 4.63. The fourth-order valence-electron chi connectivity index (χ4n) is 1.36. The van der Waals surface area contributed by atoms with E-state index in [1.54, 1.807) is 13.0 Å². The van der Waals surface area contributed by atoms with Crippen LogP contribution in [0.15, 0.2) is 12.1 Å². The van der Waals surface area contributed by atoms with Crippen LogP contribution in [0.25, 0.3) is 0 Å². The maximum absolute atomic E-state index is 13.2. The second-order valence-electron chi connectivity index (χ2n) is 3.31. The largest absolute Gasteiger partial charge is 0.330 e. The van der Waals surface area contributed by atoms with Crippen LogP contribution in [0, 0.1) is 12.7 Å². The fraction of sp³-hybridized carbons (Fsp3) is 0.364. The Hall–Kier alpha value is -1.22. The molecule has 14 heavy (non-hydrogen) atoms. The van der Waals surface area contributed by atoms with Crippen molar-refractivity contribution in [2.75, 3.05) is 6.54 Å². The first-order chi connectivity index (χ1) is 6.69. The lowest BCUT2D eigenvalue weighted by atomic mass is 10.0. The Balaban J connectivity index is 3.00. The Morgan fingerprint density at radius 3 is 2.79 bits per heavy atom. The molecule has 2 N–H and O–H groups in total. The van der Waals surface area contributed by atoms with E-state index in [0.29, 0.717) is 24.1 Å². The van der Waals surface area contributed by atoms with Crippen molar-refractivity contribution in [3.63, 3.8) is 0 Å². The predicted octanol–water partition coefficient (Wildman–Crippen LogP) is 1.84. The molecule has 0 radical (unpaired) electrons. The van der Waals surface area contributed by atoms with Crippen LogP contribution in [0.1, 0.15) is 27.9 Å². The van der Waals surface area contributed by atoms with Crippen LogP contribution in [-0.4, -0.2) is 12.8 Å². The van der Waals surface area contributed by atoms with Crippen molar-refractivity contribution in [3.8, 4) is 0 Å². The third-order valence-corrected chi connectivity index (χ3v) is 2.20. The molecule has 3 heteroatoms. The highest BCUT2D eigenvalue weighted by molar-refractivity contribution is 5.77. The fourth-order valence-corrected chi connectivity index (χ4v) is 1.36. The molecule has 0 aliphatic rings. The van der Waals surface area contributed by atoms with Gasteiger partial charge in [0.25, 0.3) is 0 Å². The molecule has 0 spiro atoms. The van der Waals surface area contributed by atoms with Gasteiger partial charge < -0.3 is 5.73 Å². The van der Waals surface area contributed by atoms with Crippen LogP contribution in [0.5, 0.6) is 0 Å². The van der Waals surface area contributed by atoms with Crippen molar-refractivity contribution < 1.29 is 9.18 Å². The molecule has 0 bridgehead atoms. The van der Waals surface area contributed by atoms with E-state index in [1.165, 1.54) is 6.07 Å². The molecular formula is C11H14FNO. The van der Waals surface area contributed by atoms with Crippen LogP contribution in [-0.2, 0) is 6.42 Å². The minimum absolute atomic E-state index is 0.261. The highest BCUT2D eigenvalue weighted by Gasteiger charge is 2.06. The minimum Gasteiger partial charge on any atom is -0.330 e. The highest BCUT2D eigenvalue weighted by Crippen LogP contribution is 2.15. The summed E-state index contributed by atoms with van der Waals surface area (Å²) in [7, 11) is 0. The van der Waals surface area contributed by atoms with E-state index < -0.39 is 0 Å². The quantitative estimate of drug-likeness (QED) is 0.745. The zero-order valence-electron chi connectivity index (χ0n) is 8.22. The van der Waals surface area contributed by atoms with Crippen molar-refractivity contribution >= 4 is 6.29 Å². The standard InChI is InChI=1S/C11H14FNO/c1-8-5-10(7-14)9(3-2-4-13)6-11(8)12/h5-7H,2-4,13H2,1H3. The average molecular weight is 195 g/mol. The van der Waals surface area contributed by atoms with Crippen molar-refractivity contribution in [1.29, 1.82) is 0 Å². The van der Waals surface area contributed by atoms with Crippen molar-refractivity contribution in [2.45, 2.75) is 19.8 Å². The van der Waals surface area contributed by atoms with Crippen LogP contribution >= 0.6 is 0 Å². The molecule has 1 aromatic rings. The molecule has 0 aromatic heterocycles. The summed E-state index contributed by atoms with van der Waals surface area (Å²) in [5, 5.41) is 0. The highest BCUT2D eigenvalue weighted by atomic mass is 19.1. The molecule has 0 saturated heterocycles. The van der Waals surface area contributed by atoms with Crippen molar-refractivity contribution in [1.82, 2.24) is 0 Å². The van der Waals surface area contributed by atoms with Gasteiger partial charge in [0.05, 0.1) is 0 Å². The maximum Gasteiger partial charge on any atom is 0.150 e. The number of rotatable bonds is 4. The molecule has 0 heterocycles. The lowest BCUT2D eigenvalue weighted by Gasteiger charge is -2.06. The van der Waals surface area contributed by atoms with E-state index in [0.717, 1.165) is 18.3 Å². The normalized spacial score (nSPS) is 10.2. The summed E-state index contributed by atoms with van der Waals surface area (Å²) in [6, 6.07) is 3.00. The Morgan fingerprint density at radius 2 is 2.21 bits per heavy atom. The first-order valence-electron chi connectivity index (χ1n) is 4.63. The van der Waals surface area contributed by atoms with Gasteiger partial charge in [0.2, 0.25) is 0 Å². The van der Waals surface area contributed by atoms with Gasteiger partial charge in [0, 0.05) is 5.56 Å². The molecular weight excluding hydrogens is 181 g/mol.